The van der Waals surface area contributed by atoms with Crippen LogP contribution in [0.1, 0.15) is 18.5 Å². The van der Waals surface area contributed by atoms with E-state index in [0.29, 0.717) is 5.16 Å². The summed E-state index contributed by atoms with van der Waals surface area (Å²) in [4.78, 5) is 10.6. The van der Waals surface area contributed by atoms with Gasteiger partial charge in [-0.3, -0.25) is 4.79 Å². The third kappa shape index (κ3) is 3.78. The molecule has 2 aromatic rings. The van der Waals surface area contributed by atoms with E-state index in [9.17, 15) is 4.79 Å². The largest absolute Gasteiger partial charge is 0.481 e. The number of hydrogen-bond donors (Lipinski definition) is 1. The van der Waals surface area contributed by atoms with Crippen molar-refractivity contribution in [1.29, 1.82) is 0 Å². The smallest absolute Gasteiger partial charge is 0.313 e. The molecule has 0 aliphatic carbocycles. The number of tetrazole rings is 1. The second kappa shape index (κ2) is 6.33. The lowest BCUT2D eigenvalue weighted by Crippen LogP contribution is -2.12. The van der Waals surface area contributed by atoms with Crippen molar-refractivity contribution in [3.8, 4) is 0 Å². The topological polar surface area (TPSA) is 80.9 Å². The molecular formula is C12H14N4O2S. The van der Waals surface area contributed by atoms with Crippen molar-refractivity contribution in [2.24, 2.45) is 0 Å². The molecule has 0 bridgehead atoms. The molecule has 0 aliphatic rings. The minimum atomic E-state index is -0.879. The Hall–Kier alpha value is -1.89. The highest BCUT2D eigenvalue weighted by Gasteiger charge is 2.14. The number of carboxylic acid groups (broad SMARTS) is 1. The number of aromatic nitrogens is 4. The molecule has 1 aromatic heterocycles. The van der Waals surface area contributed by atoms with Crippen LogP contribution in [0.25, 0.3) is 0 Å². The van der Waals surface area contributed by atoms with E-state index in [2.05, 4.69) is 15.5 Å². The molecule has 2 rings (SSSR count). The fourth-order valence-corrected chi connectivity index (χ4v) is 2.42. The van der Waals surface area contributed by atoms with Crippen molar-refractivity contribution in [1.82, 2.24) is 20.2 Å². The molecule has 1 aromatic carbocycles. The Kier molecular flexibility index (Phi) is 4.51. The third-order valence-corrected chi connectivity index (χ3v) is 3.50. The van der Waals surface area contributed by atoms with Gasteiger partial charge in [-0.15, -0.1) is 5.10 Å². The molecular weight excluding hydrogens is 264 g/mol. The number of carbonyl (C=O) groups is 1. The number of benzene rings is 1. The summed E-state index contributed by atoms with van der Waals surface area (Å²) in [7, 11) is 0. The first-order valence-electron chi connectivity index (χ1n) is 5.83. The molecule has 0 amide bonds. The summed E-state index contributed by atoms with van der Waals surface area (Å²) in [5.74, 6) is -0.923. The quantitative estimate of drug-likeness (QED) is 0.809. The average Bonchev–Trinajstić information content (AvgIpc) is 2.86. The summed E-state index contributed by atoms with van der Waals surface area (Å²) >= 11 is 1.13. The Morgan fingerprint density at radius 2 is 2.16 bits per heavy atom. The highest BCUT2D eigenvalue weighted by molar-refractivity contribution is 7.99. The summed E-state index contributed by atoms with van der Waals surface area (Å²) in [6, 6.07) is 10.1. The molecule has 100 valence electrons. The molecule has 0 radical (unpaired) electrons. The van der Waals surface area contributed by atoms with Crippen molar-refractivity contribution >= 4 is 17.7 Å². The van der Waals surface area contributed by atoms with Crippen molar-refractivity contribution < 1.29 is 9.90 Å². The van der Waals surface area contributed by atoms with E-state index in [-0.39, 0.29) is 11.8 Å². The van der Waals surface area contributed by atoms with Gasteiger partial charge in [0.05, 0.1) is 11.8 Å². The number of hydrogen-bond acceptors (Lipinski definition) is 5. The third-order valence-electron chi connectivity index (χ3n) is 2.58. The second-order valence-electron chi connectivity index (χ2n) is 4.13. The molecule has 1 atom stereocenters. The van der Waals surface area contributed by atoms with Crippen LogP contribution in [0, 0.1) is 0 Å². The lowest BCUT2D eigenvalue weighted by Gasteiger charge is -2.12. The van der Waals surface area contributed by atoms with Crippen LogP contribution in [0.15, 0.2) is 35.5 Å². The fourth-order valence-electron chi connectivity index (χ4n) is 1.73. The maximum Gasteiger partial charge on any atom is 0.313 e. The highest BCUT2D eigenvalue weighted by atomic mass is 32.2. The highest BCUT2D eigenvalue weighted by Crippen LogP contribution is 2.20. The summed E-state index contributed by atoms with van der Waals surface area (Å²) in [6.07, 6.45) is 0.798. The van der Waals surface area contributed by atoms with Crippen LogP contribution < -0.4 is 0 Å². The van der Waals surface area contributed by atoms with E-state index < -0.39 is 5.97 Å². The van der Waals surface area contributed by atoms with E-state index in [1.807, 2.05) is 37.3 Å². The van der Waals surface area contributed by atoms with Crippen LogP contribution in [0.4, 0.5) is 0 Å². The van der Waals surface area contributed by atoms with Crippen molar-refractivity contribution in [2.75, 3.05) is 5.75 Å². The van der Waals surface area contributed by atoms with Crippen molar-refractivity contribution in [2.45, 2.75) is 24.5 Å². The summed E-state index contributed by atoms with van der Waals surface area (Å²) in [5.41, 5.74) is 1.19. The average molecular weight is 278 g/mol. The van der Waals surface area contributed by atoms with Gasteiger partial charge in [0.25, 0.3) is 0 Å². The summed E-state index contributed by atoms with van der Waals surface area (Å²) in [5, 5.41) is 20.6. The first-order chi connectivity index (χ1) is 9.16. The van der Waals surface area contributed by atoms with Gasteiger partial charge in [-0.2, -0.15) is 0 Å². The second-order valence-corrected chi connectivity index (χ2v) is 5.07. The van der Waals surface area contributed by atoms with E-state index >= 15 is 0 Å². The zero-order valence-corrected chi connectivity index (χ0v) is 11.2. The molecule has 1 N–H and O–H groups in total. The molecule has 0 saturated carbocycles. The Balaban J connectivity index is 2.05. The monoisotopic (exact) mass is 278 g/mol. The van der Waals surface area contributed by atoms with Crippen LogP contribution >= 0.6 is 11.8 Å². The molecule has 19 heavy (non-hydrogen) atoms. The zero-order valence-electron chi connectivity index (χ0n) is 10.4. The predicted molar refractivity (Wildman–Crippen MR) is 71.0 cm³/mol. The fraction of sp³-hybridized carbons (Fsp3) is 0.333. The van der Waals surface area contributed by atoms with Gasteiger partial charge in [-0.1, -0.05) is 42.1 Å². The van der Waals surface area contributed by atoms with E-state index in [1.165, 1.54) is 5.56 Å². The van der Waals surface area contributed by atoms with E-state index in [4.69, 9.17) is 5.11 Å². The number of rotatable bonds is 6. The molecule has 6 nitrogen and oxygen atoms in total. The summed E-state index contributed by atoms with van der Waals surface area (Å²) < 4.78 is 1.67. The summed E-state index contributed by atoms with van der Waals surface area (Å²) in [6.45, 7) is 2.01. The lowest BCUT2D eigenvalue weighted by atomic mass is 10.1. The van der Waals surface area contributed by atoms with Crippen LogP contribution in [0.3, 0.4) is 0 Å². The Bertz CT molecular complexity index is 544. The Morgan fingerprint density at radius 1 is 1.42 bits per heavy atom. The lowest BCUT2D eigenvalue weighted by molar-refractivity contribution is -0.133. The predicted octanol–water partition coefficient (Wildman–Crippen LogP) is 1.65. The van der Waals surface area contributed by atoms with Gasteiger partial charge in [0.15, 0.2) is 0 Å². The van der Waals surface area contributed by atoms with E-state index in [0.717, 1.165) is 18.2 Å². The van der Waals surface area contributed by atoms with Crippen LogP contribution in [0.2, 0.25) is 0 Å². The van der Waals surface area contributed by atoms with Crippen LogP contribution in [-0.2, 0) is 11.2 Å². The SMILES string of the molecule is CC(Cc1ccccc1)n1nnnc1SCC(=O)O. The molecule has 1 unspecified atom stereocenters. The molecule has 0 saturated heterocycles. The first-order valence-corrected chi connectivity index (χ1v) is 6.81. The molecule has 0 aliphatic heterocycles. The maximum atomic E-state index is 10.6. The molecule has 0 fully saturated rings. The maximum absolute atomic E-state index is 10.6. The standard InChI is InChI=1S/C12H14N4O2S/c1-9(7-10-5-3-2-4-6-10)16-12(13-14-15-16)19-8-11(17)18/h2-6,9H,7-8H2,1H3,(H,17,18). The normalized spacial score (nSPS) is 12.3. The van der Waals surface area contributed by atoms with Gasteiger partial charge in [-0.25, -0.2) is 4.68 Å². The minimum absolute atomic E-state index is 0.0432. The van der Waals surface area contributed by atoms with Crippen molar-refractivity contribution in [3.05, 3.63) is 35.9 Å². The van der Waals surface area contributed by atoms with Gasteiger partial charge >= 0.3 is 5.97 Å². The van der Waals surface area contributed by atoms with E-state index in [1.54, 1.807) is 4.68 Å². The number of aliphatic carboxylic acids is 1. The van der Waals surface area contributed by atoms with Crippen LogP contribution in [-0.4, -0.2) is 37.0 Å². The number of nitrogens with zero attached hydrogens (tertiary/aromatic N) is 4. The Morgan fingerprint density at radius 3 is 2.84 bits per heavy atom. The molecule has 7 heteroatoms. The van der Waals surface area contributed by atoms with Gasteiger partial charge in [0.2, 0.25) is 5.16 Å². The number of thioether (sulfide) groups is 1. The van der Waals surface area contributed by atoms with Crippen molar-refractivity contribution in [3.63, 3.8) is 0 Å². The van der Waals surface area contributed by atoms with Gasteiger partial charge in [0, 0.05) is 0 Å². The van der Waals surface area contributed by atoms with Gasteiger partial charge in [-0.05, 0) is 29.3 Å². The van der Waals surface area contributed by atoms with Gasteiger partial charge < -0.3 is 5.11 Å². The zero-order chi connectivity index (χ0) is 13.7. The van der Waals surface area contributed by atoms with Crippen LogP contribution in [0.5, 0.6) is 0 Å². The molecule has 0 spiro atoms. The first kappa shape index (κ1) is 13.5. The van der Waals surface area contributed by atoms with Gasteiger partial charge in [0.1, 0.15) is 0 Å². The molecule has 1 heterocycles. The Labute approximate surface area is 114 Å². The number of carboxylic acids is 1. The minimum Gasteiger partial charge on any atom is -0.481 e.